The molecular weight excluding hydrogens is 360 g/mol. The Morgan fingerprint density at radius 3 is 2.61 bits per heavy atom. The first-order valence-electron chi connectivity index (χ1n) is 9.67. The first-order valence-corrected chi connectivity index (χ1v) is 9.67. The van der Waals surface area contributed by atoms with Gasteiger partial charge in [0.2, 0.25) is 0 Å². The van der Waals surface area contributed by atoms with Gasteiger partial charge in [0.15, 0.2) is 11.6 Å². The molecule has 2 aliphatic heterocycles. The Kier molecular flexibility index (Phi) is 5.91. The fraction of sp³-hybridized carbons (Fsp3) is 0.545. The van der Waals surface area contributed by atoms with Gasteiger partial charge in [0, 0.05) is 12.8 Å². The smallest absolute Gasteiger partial charge is 0.342 e. The summed E-state index contributed by atoms with van der Waals surface area (Å²) < 4.78 is 23.2. The number of ether oxygens (including phenoxy) is 4. The maximum atomic E-state index is 12.7. The number of benzene rings is 1. The van der Waals surface area contributed by atoms with Crippen LogP contribution in [0.15, 0.2) is 24.3 Å². The summed E-state index contributed by atoms with van der Waals surface area (Å²) in [7, 11) is 0. The van der Waals surface area contributed by atoms with Gasteiger partial charge in [0.05, 0.1) is 12.7 Å². The first kappa shape index (κ1) is 20.6. The molecule has 6 nitrogen and oxygen atoms in total. The van der Waals surface area contributed by atoms with Crippen molar-refractivity contribution in [1.29, 1.82) is 0 Å². The first-order chi connectivity index (χ1) is 13.2. The van der Waals surface area contributed by atoms with Gasteiger partial charge in [-0.25, -0.2) is 4.79 Å². The van der Waals surface area contributed by atoms with Crippen molar-refractivity contribution in [3.63, 3.8) is 0 Å². The molecule has 0 saturated carbocycles. The summed E-state index contributed by atoms with van der Waals surface area (Å²) in [5, 5.41) is 0. The van der Waals surface area contributed by atoms with Crippen molar-refractivity contribution in [1.82, 2.24) is 0 Å². The van der Waals surface area contributed by atoms with Crippen LogP contribution in [0.25, 0.3) is 0 Å². The molecule has 0 spiro atoms. The van der Waals surface area contributed by atoms with Crippen LogP contribution in [0.4, 0.5) is 0 Å². The molecule has 0 aliphatic carbocycles. The topological polar surface area (TPSA) is 71.1 Å². The lowest BCUT2D eigenvalue weighted by Crippen LogP contribution is -2.32. The maximum absolute atomic E-state index is 12.7. The van der Waals surface area contributed by atoms with Crippen molar-refractivity contribution in [3.8, 4) is 5.75 Å². The Labute approximate surface area is 165 Å². The van der Waals surface area contributed by atoms with Gasteiger partial charge in [0.1, 0.15) is 23.5 Å². The normalized spacial score (nSPS) is 29.1. The van der Waals surface area contributed by atoms with E-state index in [1.165, 1.54) is 6.08 Å². The number of hydrogen-bond acceptors (Lipinski definition) is 6. The third-order valence-electron chi connectivity index (χ3n) is 4.83. The lowest BCUT2D eigenvalue weighted by atomic mass is 10.0. The van der Waals surface area contributed by atoms with Crippen LogP contribution in [-0.2, 0) is 19.0 Å². The van der Waals surface area contributed by atoms with E-state index in [4.69, 9.17) is 18.9 Å². The summed E-state index contributed by atoms with van der Waals surface area (Å²) >= 11 is 0. The van der Waals surface area contributed by atoms with E-state index in [0.717, 1.165) is 11.1 Å². The van der Waals surface area contributed by atoms with E-state index in [0.29, 0.717) is 24.2 Å². The van der Waals surface area contributed by atoms with Gasteiger partial charge in [-0.05, 0) is 57.9 Å². The molecule has 3 atom stereocenters. The molecule has 0 aromatic heterocycles. The highest BCUT2D eigenvalue weighted by Crippen LogP contribution is 2.32. The second kappa shape index (κ2) is 8.05. The van der Waals surface area contributed by atoms with Crippen LogP contribution in [0.1, 0.15) is 55.1 Å². The van der Waals surface area contributed by atoms with Crippen LogP contribution >= 0.6 is 0 Å². The molecule has 28 heavy (non-hydrogen) atoms. The highest BCUT2D eigenvalue weighted by atomic mass is 16.8. The summed E-state index contributed by atoms with van der Waals surface area (Å²) in [5.74, 6) is -0.914. The number of fused-ring (bicyclic) bond motifs is 2. The standard InChI is InChI=1S/C22H28O6/c1-13-11-14(2)19-18(12-13)25-10-9-17-20(28-22(4,5)27-17)16(23)8-6-7-15(3)26-21(19)24/h6,8,11-12,15,17,20H,7,9-10H2,1-5H3/b8-6-/t15-,17-,20+/m0/s1. The highest BCUT2D eigenvalue weighted by molar-refractivity contribution is 5.95. The molecule has 3 rings (SSSR count). The molecule has 0 bridgehead atoms. The molecule has 1 aromatic rings. The van der Waals surface area contributed by atoms with Crippen LogP contribution in [0.2, 0.25) is 0 Å². The van der Waals surface area contributed by atoms with Crippen molar-refractivity contribution in [3.05, 3.63) is 41.0 Å². The van der Waals surface area contributed by atoms with Crippen molar-refractivity contribution in [2.24, 2.45) is 0 Å². The third-order valence-corrected chi connectivity index (χ3v) is 4.83. The SMILES string of the molecule is Cc1cc(C)c2c(c1)OCC[C@@H]1OC(C)(C)O[C@@H]1C(=O)/C=C\C[C@H](C)OC2=O. The summed E-state index contributed by atoms with van der Waals surface area (Å²) in [6.45, 7) is 9.49. The summed E-state index contributed by atoms with van der Waals surface area (Å²) in [6.07, 6.45) is 2.65. The number of hydrogen-bond donors (Lipinski definition) is 0. The molecule has 0 N–H and O–H groups in total. The fourth-order valence-electron chi connectivity index (χ4n) is 3.64. The fourth-order valence-corrected chi connectivity index (χ4v) is 3.64. The molecule has 1 aromatic carbocycles. The minimum Gasteiger partial charge on any atom is -0.493 e. The molecule has 2 heterocycles. The number of rotatable bonds is 0. The Bertz CT molecular complexity index is 794. The number of ketones is 1. The quantitative estimate of drug-likeness (QED) is 0.632. The third kappa shape index (κ3) is 4.62. The number of cyclic esters (lactones) is 1. The van der Waals surface area contributed by atoms with Crippen molar-refractivity contribution < 1.29 is 28.5 Å². The summed E-state index contributed by atoms with van der Waals surface area (Å²) in [6, 6.07) is 3.76. The summed E-state index contributed by atoms with van der Waals surface area (Å²) in [5.41, 5.74) is 2.25. The van der Waals surface area contributed by atoms with Gasteiger partial charge in [0.25, 0.3) is 0 Å². The zero-order chi connectivity index (χ0) is 20.5. The largest absolute Gasteiger partial charge is 0.493 e. The van der Waals surface area contributed by atoms with E-state index in [1.54, 1.807) is 26.8 Å². The number of aryl methyl sites for hydroxylation is 2. The molecule has 2 aliphatic rings. The van der Waals surface area contributed by atoms with E-state index in [2.05, 4.69) is 0 Å². The van der Waals surface area contributed by atoms with Gasteiger partial charge in [-0.2, -0.15) is 0 Å². The molecule has 152 valence electrons. The minimum absolute atomic E-state index is 0.154. The van der Waals surface area contributed by atoms with Gasteiger partial charge >= 0.3 is 5.97 Å². The molecule has 0 radical (unpaired) electrons. The summed E-state index contributed by atoms with van der Waals surface area (Å²) in [4.78, 5) is 25.3. The molecule has 0 unspecified atom stereocenters. The Morgan fingerprint density at radius 2 is 1.86 bits per heavy atom. The lowest BCUT2D eigenvalue weighted by Gasteiger charge is -2.19. The Balaban J connectivity index is 1.91. The van der Waals surface area contributed by atoms with Crippen LogP contribution < -0.4 is 4.74 Å². The van der Waals surface area contributed by atoms with Crippen LogP contribution in [-0.4, -0.2) is 42.5 Å². The van der Waals surface area contributed by atoms with E-state index in [1.807, 2.05) is 26.0 Å². The van der Waals surface area contributed by atoms with E-state index in [-0.39, 0.29) is 18.5 Å². The Hall–Kier alpha value is -2.18. The van der Waals surface area contributed by atoms with Crippen molar-refractivity contribution in [2.75, 3.05) is 6.61 Å². The Morgan fingerprint density at radius 1 is 1.11 bits per heavy atom. The molecule has 0 amide bonds. The molecule has 1 fully saturated rings. The van der Waals surface area contributed by atoms with Crippen molar-refractivity contribution in [2.45, 2.75) is 71.6 Å². The second-order valence-electron chi connectivity index (χ2n) is 7.94. The second-order valence-corrected chi connectivity index (χ2v) is 7.94. The minimum atomic E-state index is -0.829. The van der Waals surface area contributed by atoms with Crippen molar-refractivity contribution >= 4 is 11.8 Å². The molecule has 6 heteroatoms. The van der Waals surface area contributed by atoms with Gasteiger partial charge in [-0.1, -0.05) is 12.1 Å². The average molecular weight is 388 g/mol. The van der Waals surface area contributed by atoms with Crippen LogP contribution in [0.5, 0.6) is 5.75 Å². The highest BCUT2D eigenvalue weighted by Gasteiger charge is 2.44. The molecule has 1 saturated heterocycles. The van der Waals surface area contributed by atoms with Crippen LogP contribution in [0.3, 0.4) is 0 Å². The van der Waals surface area contributed by atoms with Gasteiger partial charge < -0.3 is 18.9 Å². The number of esters is 1. The predicted molar refractivity (Wildman–Crippen MR) is 103 cm³/mol. The maximum Gasteiger partial charge on any atom is 0.342 e. The average Bonchev–Trinajstić information content (AvgIpc) is 2.88. The van der Waals surface area contributed by atoms with Gasteiger partial charge in [-0.15, -0.1) is 0 Å². The zero-order valence-corrected chi connectivity index (χ0v) is 17.1. The molecular formula is C22H28O6. The lowest BCUT2D eigenvalue weighted by molar-refractivity contribution is -0.153. The number of carbonyl (C=O) groups is 2. The van der Waals surface area contributed by atoms with E-state index in [9.17, 15) is 9.59 Å². The predicted octanol–water partition coefficient (Wildman–Crippen LogP) is 3.67. The number of carbonyl (C=O) groups excluding carboxylic acids is 2. The monoisotopic (exact) mass is 388 g/mol. The van der Waals surface area contributed by atoms with E-state index < -0.39 is 24.0 Å². The van der Waals surface area contributed by atoms with Gasteiger partial charge in [-0.3, -0.25) is 4.79 Å². The zero-order valence-electron chi connectivity index (χ0n) is 17.1. The van der Waals surface area contributed by atoms with E-state index >= 15 is 0 Å². The van der Waals surface area contributed by atoms with Crippen LogP contribution in [0, 0.1) is 13.8 Å².